The van der Waals surface area contributed by atoms with E-state index in [1.807, 2.05) is 0 Å². The molecular weight excluding hydrogens is 228 g/mol. The Morgan fingerprint density at radius 1 is 1.28 bits per heavy atom. The van der Waals surface area contributed by atoms with E-state index >= 15 is 0 Å². The molecule has 1 saturated heterocycles. The second-order valence-corrected chi connectivity index (χ2v) is 6.67. The first kappa shape index (κ1) is 12.2. The van der Waals surface area contributed by atoms with E-state index in [4.69, 9.17) is 0 Å². The van der Waals surface area contributed by atoms with Crippen molar-refractivity contribution in [3.05, 3.63) is 0 Å². The number of fused-ring (bicyclic) bond motifs is 2. The van der Waals surface area contributed by atoms with E-state index in [1.54, 1.807) is 0 Å². The fraction of sp³-hybridized carbons (Fsp3) is 0.867. The van der Waals surface area contributed by atoms with Crippen LogP contribution in [0.5, 0.6) is 0 Å². The summed E-state index contributed by atoms with van der Waals surface area (Å²) in [6, 6.07) is 0. The maximum atomic E-state index is 11.6. The van der Waals surface area contributed by atoms with Crippen molar-refractivity contribution in [2.45, 2.75) is 46.0 Å². The lowest BCUT2D eigenvalue weighted by Crippen LogP contribution is -2.26. The van der Waals surface area contributed by atoms with Crippen molar-refractivity contribution in [1.29, 1.82) is 0 Å². The average molecular weight is 250 g/mol. The molecule has 1 heterocycles. The minimum absolute atomic E-state index is 0.177. The summed E-state index contributed by atoms with van der Waals surface area (Å²) in [5.74, 6) is 2.85. The van der Waals surface area contributed by atoms with Gasteiger partial charge in [-0.3, -0.25) is 9.59 Å². The first-order valence-electron chi connectivity index (χ1n) is 7.30. The fourth-order valence-electron chi connectivity index (χ4n) is 4.62. The third-order valence-electron chi connectivity index (χ3n) is 5.77. The predicted molar refractivity (Wildman–Crippen MR) is 66.5 cm³/mol. The molecule has 3 aliphatic rings. The molecule has 0 aromatic heterocycles. The van der Waals surface area contributed by atoms with Gasteiger partial charge in [0.15, 0.2) is 0 Å². The highest BCUT2D eigenvalue weighted by molar-refractivity contribution is 5.94. The number of esters is 2. The second-order valence-electron chi connectivity index (χ2n) is 6.67. The van der Waals surface area contributed by atoms with Crippen LogP contribution in [0.4, 0.5) is 0 Å². The highest BCUT2D eigenvalue weighted by Gasteiger charge is 2.47. The van der Waals surface area contributed by atoms with Crippen molar-refractivity contribution in [3.63, 3.8) is 0 Å². The number of carbonyl (C=O) groups excluding carboxylic acids is 2. The van der Waals surface area contributed by atoms with Gasteiger partial charge in [-0.25, -0.2) is 0 Å². The SMILES string of the molecule is CC(CC1C2CCC(C2)C1C)C1CC(=O)OC1=O. The Morgan fingerprint density at radius 3 is 2.56 bits per heavy atom. The van der Waals surface area contributed by atoms with Gasteiger partial charge < -0.3 is 4.74 Å². The van der Waals surface area contributed by atoms with E-state index in [0.29, 0.717) is 6.42 Å². The summed E-state index contributed by atoms with van der Waals surface area (Å²) in [4.78, 5) is 22.8. The molecule has 1 aliphatic heterocycles. The van der Waals surface area contributed by atoms with E-state index in [1.165, 1.54) is 19.3 Å². The van der Waals surface area contributed by atoms with Crippen LogP contribution in [0.15, 0.2) is 0 Å². The normalized spacial score (nSPS) is 44.4. The molecule has 2 bridgehead atoms. The quantitative estimate of drug-likeness (QED) is 0.571. The summed E-state index contributed by atoms with van der Waals surface area (Å²) in [6.45, 7) is 4.49. The number of cyclic esters (lactones) is 2. The van der Waals surface area contributed by atoms with Crippen LogP contribution in [0.2, 0.25) is 0 Å². The monoisotopic (exact) mass is 250 g/mol. The van der Waals surface area contributed by atoms with Crippen LogP contribution < -0.4 is 0 Å². The summed E-state index contributed by atoms with van der Waals surface area (Å²) >= 11 is 0. The van der Waals surface area contributed by atoms with Crippen LogP contribution in [0.1, 0.15) is 46.0 Å². The average Bonchev–Trinajstić information content (AvgIpc) is 2.97. The van der Waals surface area contributed by atoms with Gasteiger partial charge in [-0.1, -0.05) is 13.8 Å². The highest BCUT2D eigenvalue weighted by Crippen LogP contribution is 2.54. The summed E-state index contributed by atoms with van der Waals surface area (Å²) in [5, 5.41) is 0. The lowest BCUT2D eigenvalue weighted by atomic mass is 9.73. The molecule has 0 aromatic rings. The molecule has 6 atom stereocenters. The lowest BCUT2D eigenvalue weighted by Gasteiger charge is -2.31. The highest BCUT2D eigenvalue weighted by atomic mass is 16.6. The van der Waals surface area contributed by atoms with Gasteiger partial charge in [-0.15, -0.1) is 0 Å². The van der Waals surface area contributed by atoms with Crippen molar-refractivity contribution in [2.24, 2.45) is 35.5 Å². The zero-order valence-electron chi connectivity index (χ0n) is 11.2. The molecule has 0 spiro atoms. The number of rotatable bonds is 3. The van der Waals surface area contributed by atoms with E-state index in [2.05, 4.69) is 18.6 Å². The van der Waals surface area contributed by atoms with E-state index in [9.17, 15) is 9.59 Å². The maximum absolute atomic E-state index is 11.6. The Morgan fingerprint density at radius 2 is 2.00 bits per heavy atom. The number of ether oxygens (including phenoxy) is 1. The molecule has 0 aromatic carbocycles. The smallest absolute Gasteiger partial charge is 0.317 e. The first-order chi connectivity index (χ1) is 8.56. The van der Waals surface area contributed by atoms with E-state index in [0.717, 1.165) is 30.1 Å². The number of hydrogen-bond acceptors (Lipinski definition) is 3. The van der Waals surface area contributed by atoms with Crippen LogP contribution in [0, 0.1) is 35.5 Å². The van der Waals surface area contributed by atoms with Gasteiger partial charge in [-0.05, 0) is 55.3 Å². The fourth-order valence-corrected chi connectivity index (χ4v) is 4.62. The summed E-state index contributed by atoms with van der Waals surface area (Å²) in [7, 11) is 0. The third-order valence-corrected chi connectivity index (χ3v) is 5.77. The Labute approximate surface area is 108 Å². The standard InChI is InChI=1S/C15H22O3/c1-8(12-7-14(16)18-15(12)17)5-13-9(2)10-3-4-11(13)6-10/h8-13H,3-7H2,1-2H3. The molecule has 3 rings (SSSR count). The second kappa shape index (κ2) is 4.36. The van der Waals surface area contributed by atoms with Gasteiger partial charge in [0, 0.05) is 0 Å². The first-order valence-corrected chi connectivity index (χ1v) is 7.30. The molecule has 3 heteroatoms. The van der Waals surface area contributed by atoms with Gasteiger partial charge in [0.05, 0.1) is 12.3 Å². The van der Waals surface area contributed by atoms with Crippen molar-refractivity contribution in [3.8, 4) is 0 Å². The topological polar surface area (TPSA) is 43.4 Å². The Bertz CT molecular complexity index is 374. The Balaban J connectivity index is 1.63. The van der Waals surface area contributed by atoms with E-state index in [-0.39, 0.29) is 23.8 Å². The molecule has 18 heavy (non-hydrogen) atoms. The van der Waals surface area contributed by atoms with Crippen LogP contribution >= 0.6 is 0 Å². The Hall–Kier alpha value is -0.860. The summed E-state index contributed by atoms with van der Waals surface area (Å²) in [5.41, 5.74) is 0. The van der Waals surface area contributed by atoms with Gasteiger partial charge in [0.1, 0.15) is 0 Å². The predicted octanol–water partition coefficient (Wildman–Crippen LogP) is 2.78. The molecule has 3 fully saturated rings. The van der Waals surface area contributed by atoms with Crippen molar-refractivity contribution in [2.75, 3.05) is 0 Å². The van der Waals surface area contributed by atoms with Crippen LogP contribution in [0.3, 0.4) is 0 Å². The van der Waals surface area contributed by atoms with Crippen LogP contribution in [0.25, 0.3) is 0 Å². The zero-order valence-corrected chi connectivity index (χ0v) is 11.2. The molecule has 6 unspecified atom stereocenters. The molecule has 0 radical (unpaired) electrons. The zero-order chi connectivity index (χ0) is 12.9. The van der Waals surface area contributed by atoms with Crippen molar-refractivity contribution in [1.82, 2.24) is 0 Å². The summed E-state index contributed by atoms with van der Waals surface area (Å²) < 4.78 is 4.67. The number of carbonyl (C=O) groups is 2. The molecule has 100 valence electrons. The molecule has 2 saturated carbocycles. The van der Waals surface area contributed by atoms with Gasteiger partial charge in [-0.2, -0.15) is 0 Å². The van der Waals surface area contributed by atoms with Crippen LogP contribution in [-0.2, 0) is 14.3 Å². The van der Waals surface area contributed by atoms with Gasteiger partial charge in [0.25, 0.3) is 0 Å². The molecule has 2 aliphatic carbocycles. The molecule has 0 N–H and O–H groups in total. The maximum Gasteiger partial charge on any atom is 0.317 e. The molecule has 0 amide bonds. The summed E-state index contributed by atoms with van der Waals surface area (Å²) in [6.07, 6.45) is 5.57. The largest absolute Gasteiger partial charge is 0.393 e. The lowest BCUT2D eigenvalue weighted by molar-refractivity contribution is -0.153. The number of hydrogen-bond donors (Lipinski definition) is 0. The van der Waals surface area contributed by atoms with Gasteiger partial charge >= 0.3 is 11.9 Å². The van der Waals surface area contributed by atoms with E-state index < -0.39 is 0 Å². The van der Waals surface area contributed by atoms with Crippen LogP contribution in [-0.4, -0.2) is 11.9 Å². The van der Waals surface area contributed by atoms with Crippen molar-refractivity contribution >= 4 is 11.9 Å². The van der Waals surface area contributed by atoms with Gasteiger partial charge in [0.2, 0.25) is 0 Å². The minimum Gasteiger partial charge on any atom is -0.393 e. The minimum atomic E-state index is -0.335. The molecular formula is C15H22O3. The molecule has 3 nitrogen and oxygen atoms in total. The van der Waals surface area contributed by atoms with Crippen molar-refractivity contribution < 1.29 is 14.3 Å². The third kappa shape index (κ3) is 1.88. The Kier molecular flexibility index (Phi) is 2.95.